The van der Waals surface area contributed by atoms with Gasteiger partial charge in [0.05, 0.1) is 11.3 Å². The van der Waals surface area contributed by atoms with Crippen molar-refractivity contribution in [2.75, 3.05) is 11.9 Å². The highest BCUT2D eigenvalue weighted by atomic mass is 16.5. The summed E-state index contributed by atoms with van der Waals surface area (Å²) in [6.45, 7) is 4.09. The van der Waals surface area contributed by atoms with Gasteiger partial charge in [0, 0.05) is 18.3 Å². The van der Waals surface area contributed by atoms with Gasteiger partial charge in [-0.2, -0.15) is 0 Å². The van der Waals surface area contributed by atoms with E-state index >= 15 is 0 Å². The van der Waals surface area contributed by atoms with Crippen LogP contribution in [-0.2, 0) is 6.61 Å². The Hall–Kier alpha value is -3.60. The number of nitrogens with zero attached hydrogens (tertiary/aromatic N) is 2. The molecular formula is C24H22N2O3. The van der Waals surface area contributed by atoms with Gasteiger partial charge in [0.15, 0.2) is 0 Å². The molecule has 0 spiro atoms. The van der Waals surface area contributed by atoms with Crippen LogP contribution in [0.3, 0.4) is 0 Å². The van der Waals surface area contributed by atoms with E-state index in [1.165, 1.54) is 0 Å². The van der Waals surface area contributed by atoms with Crippen LogP contribution in [0.5, 0.6) is 5.75 Å². The Bertz CT molecular complexity index is 1160. The summed E-state index contributed by atoms with van der Waals surface area (Å²) < 4.78 is 11.0. The molecule has 0 saturated heterocycles. The third-order valence-corrected chi connectivity index (χ3v) is 5.07. The lowest BCUT2D eigenvalue weighted by atomic mass is 10.1. The average molecular weight is 386 g/mol. The topological polar surface area (TPSA) is 55.6 Å². The maximum atomic E-state index is 13.0. The number of amides is 1. The minimum absolute atomic E-state index is 0.0944. The molecule has 29 heavy (non-hydrogen) atoms. The number of anilines is 1. The molecular weight excluding hydrogens is 364 g/mol. The van der Waals surface area contributed by atoms with E-state index in [1.807, 2.05) is 62.4 Å². The van der Waals surface area contributed by atoms with Crippen LogP contribution in [0.2, 0.25) is 0 Å². The largest absolute Gasteiger partial charge is 0.489 e. The number of carbonyl (C=O) groups is 1. The molecule has 1 heterocycles. The van der Waals surface area contributed by atoms with Crippen molar-refractivity contribution in [1.82, 2.24) is 5.16 Å². The van der Waals surface area contributed by atoms with Crippen molar-refractivity contribution in [2.24, 2.45) is 0 Å². The van der Waals surface area contributed by atoms with Crippen molar-refractivity contribution >= 4 is 22.4 Å². The first-order valence-electron chi connectivity index (χ1n) is 9.44. The second kappa shape index (κ2) is 7.80. The number of aromatic nitrogens is 1. The lowest BCUT2D eigenvalue weighted by Crippen LogP contribution is -2.26. The van der Waals surface area contributed by atoms with Crippen LogP contribution >= 0.6 is 0 Å². The molecule has 0 fully saturated rings. The minimum Gasteiger partial charge on any atom is -0.489 e. The maximum absolute atomic E-state index is 13.0. The lowest BCUT2D eigenvalue weighted by Gasteiger charge is -2.18. The van der Waals surface area contributed by atoms with Gasteiger partial charge in [0.25, 0.3) is 5.91 Å². The summed E-state index contributed by atoms with van der Waals surface area (Å²) in [4.78, 5) is 14.7. The summed E-state index contributed by atoms with van der Waals surface area (Å²) in [5.41, 5.74) is 3.15. The van der Waals surface area contributed by atoms with Crippen LogP contribution in [0.25, 0.3) is 10.8 Å². The van der Waals surface area contributed by atoms with E-state index in [-0.39, 0.29) is 5.91 Å². The Morgan fingerprint density at radius 1 is 1.00 bits per heavy atom. The molecule has 0 aliphatic rings. The molecule has 1 aromatic heterocycles. The zero-order chi connectivity index (χ0) is 20.4. The first-order valence-corrected chi connectivity index (χ1v) is 9.44. The van der Waals surface area contributed by atoms with Gasteiger partial charge in [0.2, 0.25) is 0 Å². The van der Waals surface area contributed by atoms with E-state index in [0.29, 0.717) is 17.9 Å². The van der Waals surface area contributed by atoms with Gasteiger partial charge in [-0.3, -0.25) is 4.79 Å². The first kappa shape index (κ1) is 18.7. The number of hydrogen-bond acceptors (Lipinski definition) is 4. The Balaban J connectivity index is 1.52. The summed E-state index contributed by atoms with van der Waals surface area (Å²) in [5, 5.41) is 6.18. The van der Waals surface area contributed by atoms with Crippen LogP contribution in [0, 0.1) is 13.8 Å². The van der Waals surface area contributed by atoms with Crippen molar-refractivity contribution in [3.63, 3.8) is 0 Å². The average Bonchev–Trinajstić information content (AvgIpc) is 3.08. The molecule has 5 heteroatoms. The zero-order valence-electron chi connectivity index (χ0n) is 16.7. The molecule has 0 N–H and O–H groups in total. The van der Waals surface area contributed by atoms with Crippen molar-refractivity contribution < 1.29 is 14.1 Å². The SMILES string of the molecule is Cc1noc(C)c1COc1cccc(C(=O)N(C)c2ccc3ccccc3c2)c1. The molecule has 0 radical (unpaired) electrons. The van der Waals surface area contributed by atoms with Gasteiger partial charge < -0.3 is 14.2 Å². The summed E-state index contributed by atoms with van der Waals surface area (Å²) >= 11 is 0. The maximum Gasteiger partial charge on any atom is 0.258 e. The molecule has 4 aromatic rings. The molecule has 146 valence electrons. The van der Waals surface area contributed by atoms with Crippen molar-refractivity contribution in [2.45, 2.75) is 20.5 Å². The summed E-state index contributed by atoms with van der Waals surface area (Å²) in [6, 6.07) is 21.3. The number of fused-ring (bicyclic) bond motifs is 1. The minimum atomic E-state index is -0.0944. The van der Waals surface area contributed by atoms with Crippen LogP contribution < -0.4 is 9.64 Å². The Labute approximate surface area is 169 Å². The van der Waals surface area contributed by atoms with Crippen molar-refractivity contribution in [1.29, 1.82) is 0 Å². The number of ether oxygens (including phenoxy) is 1. The molecule has 3 aromatic carbocycles. The highest BCUT2D eigenvalue weighted by molar-refractivity contribution is 6.06. The highest BCUT2D eigenvalue weighted by Gasteiger charge is 2.15. The second-order valence-corrected chi connectivity index (χ2v) is 7.01. The molecule has 0 aliphatic heterocycles. The van der Waals surface area contributed by atoms with Crippen LogP contribution in [0.1, 0.15) is 27.4 Å². The van der Waals surface area contributed by atoms with E-state index in [4.69, 9.17) is 9.26 Å². The van der Waals surface area contributed by atoms with Crippen LogP contribution in [0.4, 0.5) is 5.69 Å². The molecule has 0 unspecified atom stereocenters. The molecule has 1 amide bonds. The van der Waals surface area contributed by atoms with Crippen molar-refractivity contribution in [3.8, 4) is 5.75 Å². The van der Waals surface area contributed by atoms with E-state index in [1.54, 1.807) is 24.1 Å². The quantitative estimate of drug-likeness (QED) is 0.467. The Morgan fingerprint density at radius 2 is 1.79 bits per heavy atom. The molecule has 0 aliphatic carbocycles. The third kappa shape index (κ3) is 3.85. The monoisotopic (exact) mass is 386 g/mol. The number of carbonyl (C=O) groups excluding carboxylic acids is 1. The molecule has 4 rings (SSSR count). The number of rotatable bonds is 5. The van der Waals surface area contributed by atoms with Gasteiger partial charge in [-0.1, -0.05) is 41.6 Å². The number of hydrogen-bond donors (Lipinski definition) is 0. The van der Waals surface area contributed by atoms with Gasteiger partial charge in [0.1, 0.15) is 18.1 Å². The zero-order valence-corrected chi connectivity index (χ0v) is 16.7. The van der Waals surface area contributed by atoms with Gasteiger partial charge >= 0.3 is 0 Å². The summed E-state index contributed by atoms with van der Waals surface area (Å²) in [7, 11) is 1.78. The fraction of sp³-hybridized carbons (Fsp3) is 0.167. The molecule has 0 atom stereocenters. The predicted octanol–water partition coefficient (Wildman–Crippen LogP) is 5.30. The molecule has 5 nitrogen and oxygen atoms in total. The normalized spacial score (nSPS) is 10.9. The predicted molar refractivity (Wildman–Crippen MR) is 113 cm³/mol. The standard InChI is InChI=1S/C24H22N2O3/c1-16-23(17(2)29-25-16)15-28-22-10-6-9-20(14-22)24(27)26(3)21-12-11-18-7-4-5-8-19(18)13-21/h4-14H,15H2,1-3H3. The fourth-order valence-electron chi connectivity index (χ4n) is 3.28. The van der Waals surface area contributed by atoms with Crippen molar-refractivity contribution in [3.05, 3.63) is 89.3 Å². The van der Waals surface area contributed by atoms with Crippen LogP contribution in [-0.4, -0.2) is 18.1 Å². The second-order valence-electron chi connectivity index (χ2n) is 7.01. The van der Waals surface area contributed by atoms with E-state index in [9.17, 15) is 4.79 Å². The fourth-order valence-corrected chi connectivity index (χ4v) is 3.28. The highest BCUT2D eigenvalue weighted by Crippen LogP contribution is 2.24. The van der Waals surface area contributed by atoms with E-state index in [0.717, 1.165) is 33.5 Å². The van der Waals surface area contributed by atoms with Gasteiger partial charge in [-0.15, -0.1) is 0 Å². The Morgan fingerprint density at radius 3 is 2.55 bits per heavy atom. The van der Waals surface area contributed by atoms with Gasteiger partial charge in [-0.05, 0) is 55.0 Å². The summed E-state index contributed by atoms with van der Waals surface area (Å²) in [5.74, 6) is 1.27. The smallest absolute Gasteiger partial charge is 0.258 e. The van der Waals surface area contributed by atoms with E-state index < -0.39 is 0 Å². The lowest BCUT2D eigenvalue weighted by molar-refractivity contribution is 0.0992. The molecule has 0 bridgehead atoms. The van der Waals surface area contributed by atoms with E-state index in [2.05, 4.69) is 11.2 Å². The van der Waals surface area contributed by atoms with Gasteiger partial charge in [-0.25, -0.2) is 0 Å². The molecule has 0 saturated carbocycles. The first-order chi connectivity index (χ1) is 14.0. The number of benzene rings is 3. The summed E-state index contributed by atoms with van der Waals surface area (Å²) in [6.07, 6.45) is 0. The Kier molecular flexibility index (Phi) is 5.04. The number of aryl methyl sites for hydroxylation is 2. The third-order valence-electron chi connectivity index (χ3n) is 5.07. The van der Waals surface area contributed by atoms with Crippen LogP contribution in [0.15, 0.2) is 71.3 Å².